The number of hydrogen-bond acceptors (Lipinski definition) is 8. The third kappa shape index (κ3) is 4.14. The van der Waals surface area contributed by atoms with Gasteiger partial charge in [-0.15, -0.1) is 0 Å². The van der Waals surface area contributed by atoms with Crippen LogP contribution >= 0.6 is 11.8 Å². The molecule has 3 aromatic rings. The highest BCUT2D eigenvalue weighted by Gasteiger charge is 2.14. The number of fused-ring (bicyclic) bond motifs is 1. The Morgan fingerprint density at radius 3 is 2.93 bits per heavy atom. The van der Waals surface area contributed by atoms with Gasteiger partial charge in [0, 0.05) is 29.8 Å². The maximum absolute atomic E-state index is 12.3. The SMILES string of the molecule is Cc1cc(SCC(=O)Nc2ccc3c(c2)OCO3)nc(-c2cnccn2)n1. The Hall–Kier alpha value is -3.20. The first-order valence-corrected chi connectivity index (χ1v) is 9.10. The second kappa shape index (κ2) is 7.58. The molecule has 2 aromatic heterocycles. The van der Waals surface area contributed by atoms with Crippen molar-refractivity contribution < 1.29 is 14.3 Å². The molecule has 3 heterocycles. The molecule has 0 bridgehead atoms. The van der Waals surface area contributed by atoms with E-state index in [9.17, 15) is 4.79 Å². The van der Waals surface area contributed by atoms with Gasteiger partial charge in [0.25, 0.3) is 0 Å². The van der Waals surface area contributed by atoms with Crippen LogP contribution < -0.4 is 14.8 Å². The zero-order valence-electron chi connectivity index (χ0n) is 14.4. The van der Waals surface area contributed by atoms with Gasteiger partial charge in [-0.3, -0.25) is 9.78 Å². The van der Waals surface area contributed by atoms with Crippen LogP contribution in [0.2, 0.25) is 0 Å². The molecule has 1 aliphatic heterocycles. The van der Waals surface area contributed by atoms with Crippen LogP contribution in [0, 0.1) is 6.92 Å². The lowest BCUT2D eigenvalue weighted by Crippen LogP contribution is -2.14. The number of carbonyl (C=O) groups excluding carboxylic acids is 1. The minimum atomic E-state index is -0.142. The molecular weight excluding hydrogens is 366 g/mol. The lowest BCUT2D eigenvalue weighted by Gasteiger charge is -2.07. The van der Waals surface area contributed by atoms with Crippen LogP contribution in [0.5, 0.6) is 11.5 Å². The summed E-state index contributed by atoms with van der Waals surface area (Å²) in [5, 5.41) is 3.54. The van der Waals surface area contributed by atoms with E-state index in [2.05, 4.69) is 25.3 Å². The van der Waals surface area contributed by atoms with Crippen LogP contribution in [-0.2, 0) is 4.79 Å². The van der Waals surface area contributed by atoms with Crippen molar-refractivity contribution in [2.24, 2.45) is 0 Å². The lowest BCUT2D eigenvalue weighted by molar-refractivity contribution is -0.113. The first-order chi connectivity index (χ1) is 13.2. The molecule has 136 valence electrons. The first kappa shape index (κ1) is 17.2. The van der Waals surface area contributed by atoms with Crippen molar-refractivity contribution in [3.8, 4) is 23.0 Å². The molecule has 8 nitrogen and oxygen atoms in total. The van der Waals surface area contributed by atoms with E-state index in [4.69, 9.17) is 9.47 Å². The molecule has 0 fully saturated rings. The number of thioether (sulfide) groups is 1. The number of amides is 1. The van der Waals surface area contributed by atoms with Crippen LogP contribution in [0.3, 0.4) is 0 Å². The maximum atomic E-state index is 12.3. The monoisotopic (exact) mass is 381 g/mol. The Labute approximate surface area is 159 Å². The lowest BCUT2D eigenvalue weighted by atomic mass is 10.3. The number of nitrogens with zero attached hydrogens (tertiary/aromatic N) is 4. The van der Waals surface area contributed by atoms with Gasteiger partial charge in [0.1, 0.15) is 10.7 Å². The van der Waals surface area contributed by atoms with Crippen molar-refractivity contribution >= 4 is 23.4 Å². The Bertz CT molecular complexity index is 984. The van der Waals surface area contributed by atoms with Crippen molar-refractivity contribution in [1.82, 2.24) is 19.9 Å². The van der Waals surface area contributed by atoms with E-state index in [1.165, 1.54) is 11.8 Å². The van der Waals surface area contributed by atoms with Crippen molar-refractivity contribution in [2.75, 3.05) is 17.9 Å². The zero-order chi connectivity index (χ0) is 18.6. The minimum absolute atomic E-state index is 0.142. The third-order valence-electron chi connectivity index (χ3n) is 3.63. The van der Waals surface area contributed by atoms with Gasteiger partial charge >= 0.3 is 0 Å². The van der Waals surface area contributed by atoms with Crippen LogP contribution in [0.4, 0.5) is 5.69 Å². The van der Waals surface area contributed by atoms with Crippen LogP contribution in [0.25, 0.3) is 11.5 Å². The van der Waals surface area contributed by atoms with E-state index in [-0.39, 0.29) is 18.5 Å². The second-order valence-electron chi connectivity index (χ2n) is 5.67. The zero-order valence-corrected chi connectivity index (χ0v) is 15.2. The van der Waals surface area contributed by atoms with Crippen molar-refractivity contribution in [3.63, 3.8) is 0 Å². The van der Waals surface area contributed by atoms with Gasteiger partial charge in [-0.25, -0.2) is 15.0 Å². The number of aryl methyl sites for hydroxylation is 1. The number of rotatable bonds is 5. The van der Waals surface area contributed by atoms with Crippen molar-refractivity contribution in [2.45, 2.75) is 11.9 Å². The number of ether oxygens (including phenoxy) is 2. The largest absolute Gasteiger partial charge is 0.454 e. The standard InChI is InChI=1S/C18H15N5O3S/c1-11-6-17(23-18(21-11)13-8-19-4-5-20-13)27-9-16(24)22-12-2-3-14-15(7-12)26-10-25-14/h2-8H,9-10H2,1H3,(H,22,24). The van der Waals surface area contributed by atoms with Gasteiger partial charge in [0.2, 0.25) is 12.7 Å². The summed E-state index contributed by atoms with van der Waals surface area (Å²) in [6.07, 6.45) is 4.79. The highest BCUT2D eigenvalue weighted by atomic mass is 32.2. The summed E-state index contributed by atoms with van der Waals surface area (Å²) in [6.45, 7) is 2.07. The molecule has 1 aromatic carbocycles. The van der Waals surface area contributed by atoms with E-state index in [0.717, 1.165) is 5.69 Å². The van der Waals surface area contributed by atoms with Gasteiger partial charge in [-0.1, -0.05) is 11.8 Å². The second-order valence-corrected chi connectivity index (χ2v) is 6.66. The summed E-state index contributed by atoms with van der Waals surface area (Å²) in [5.74, 6) is 1.86. The highest BCUT2D eigenvalue weighted by Crippen LogP contribution is 2.34. The first-order valence-electron chi connectivity index (χ1n) is 8.12. The molecular formula is C18H15N5O3S. The molecule has 0 atom stereocenters. The summed E-state index contributed by atoms with van der Waals surface area (Å²) < 4.78 is 10.6. The molecule has 0 aliphatic carbocycles. The summed E-state index contributed by atoms with van der Waals surface area (Å²) in [4.78, 5) is 29.3. The minimum Gasteiger partial charge on any atom is -0.454 e. The van der Waals surface area contributed by atoms with Gasteiger partial charge < -0.3 is 14.8 Å². The smallest absolute Gasteiger partial charge is 0.234 e. The molecule has 27 heavy (non-hydrogen) atoms. The normalized spacial score (nSPS) is 12.0. The molecule has 1 amide bonds. The van der Waals surface area contributed by atoms with Crippen molar-refractivity contribution in [3.05, 3.63) is 48.5 Å². The fourth-order valence-corrected chi connectivity index (χ4v) is 3.21. The molecule has 0 saturated heterocycles. The Kier molecular flexibility index (Phi) is 4.84. The molecule has 0 saturated carbocycles. The maximum Gasteiger partial charge on any atom is 0.234 e. The van der Waals surface area contributed by atoms with Gasteiger partial charge in [0.15, 0.2) is 17.3 Å². The molecule has 4 rings (SSSR count). The molecule has 0 unspecified atom stereocenters. The quantitative estimate of drug-likeness (QED) is 0.532. The van der Waals surface area contributed by atoms with E-state index < -0.39 is 0 Å². The molecule has 0 spiro atoms. The number of aromatic nitrogens is 4. The van der Waals surface area contributed by atoms with Crippen molar-refractivity contribution in [1.29, 1.82) is 0 Å². The summed E-state index contributed by atoms with van der Waals surface area (Å²) in [7, 11) is 0. The fourth-order valence-electron chi connectivity index (χ4n) is 2.45. The molecule has 0 radical (unpaired) electrons. The number of nitrogens with one attached hydrogen (secondary N) is 1. The molecule has 1 aliphatic rings. The average molecular weight is 381 g/mol. The van der Waals surface area contributed by atoms with Gasteiger partial charge in [-0.05, 0) is 25.1 Å². The van der Waals surface area contributed by atoms with E-state index >= 15 is 0 Å². The van der Waals surface area contributed by atoms with Crippen LogP contribution in [-0.4, -0.2) is 38.4 Å². The average Bonchev–Trinajstić information content (AvgIpc) is 3.14. The highest BCUT2D eigenvalue weighted by molar-refractivity contribution is 7.99. The summed E-state index contributed by atoms with van der Waals surface area (Å²) in [6, 6.07) is 7.12. The Morgan fingerprint density at radius 2 is 2.07 bits per heavy atom. The van der Waals surface area contributed by atoms with Gasteiger partial charge in [0.05, 0.1) is 11.9 Å². The van der Waals surface area contributed by atoms with E-state index in [1.807, 2.05) is 13.0 Å². The number of hydrogen-bond donors (Lipinski definition) is 1. The number of carbonyl (C=O) groups is 1. The van der Waals surface area contributed by atoms with Crippen LogP contribution in [0.1, 0.15) is 5.69 Å². The molecule has 9 heteroatoms. The topological polar surface area (TPSA) is 99.1 Å². The van der Waals surface area contributed by atoms with Crippen LogP contribution in [0.15, 0.2) is 47.9 Å². The van der Waals surface area contributed by atoms with Gasteiger partial charge in [-0.2, -0.15) is 0 Å². The predicted octanol–water partition coefficient (Wildman–Crippen LogP) is 2.70. The van der Waals surface area contributed by atoms with E-state index in [1.54, 1.807) is 36.8 Å². The summed E-state index contributed by atoms with van der Waals surface area (Å²) in [5.41, 5.74) is 2.04. The van der Waals surface area contributed by atoms with E-state index in [0.29, 0.717) is 33.7 Å². The predicted molar refractivity (Wildman–Crippen MR) is 99.7 cm³/mol. The number of benzene rings is 1. The fraction of sp³-hybridized carbons (Fsp3) is 0.167. The Balaban J connectivity index is 1.41. The number of anilines is 1. The molecule has 1 N–H and O–H groups in total. The summed E-state index contributed by atoms with van der Waals surface area (Å²) >= 11 is 1.33. The Morgan fingerprint density at radius 1 is 1.19 bits per heavy atom. The third-order valence-corrected chi connectivity index (χ3v) is 4.54.